The van der Waals surface area contributed by atoms with Gasteiger partial charge in [0.25, 0.3) is 0 Å². The predicted molar refractivity (Wildman–Crippen MR) is 51.6 cm³/mol. The third kappa shape index (κ3) is 1.25. The summed E-state index contributed by atoms with van der Waals surface area (Å²) in [6.45, 7) is 2.75. The molecule has 2 saturated heterocycles. The van der Waals surface area contributed by atoms with Crippen molar-refractivity contribution < 1.29 is 9.47 Å². The van der Waals surface area contributed by atoms with Crippen LogP contribution in [0.3, 0.4) is 0 Å². The Hall–Kier alpha value is -0.590. The Morgan fingerprint density at radius 2 is 2.43 bits per heavy atom. The van der Waals surface area contributed by atoms with E-state index in [1.165, 1.54) is 0 Å². The monoisotopic (exact) mass is 195 g/mol. The lowest BCUT2D eigenvalue weighted by molar-refractivity contribution is 0.0348. The molecule has 2 aliphatic heterocycles. The average Bonchev–Trinajstić information content (AvgIpc) is 2.77. The van der Waals surface area contributed by atoms with Crippen LogP contribution in [0, 0.1) is 22.7 Å². The highest BCUT2D eigenvalue weighted by Crippen LogP contribution is 2.51. The first-order chi connectivity index (χ1) is 6.73. The summed E-state index contributed by atoms with van der Waals surface area (Å²) in [5, 5.41) is 9.35. The molecule has 0 N–H and O–H groups in total. The van der Waals surface area contributed by atoms with Gasteiger partial charge in [-0.1, -0.05) is 6.92 Å². The number of hydrogen-bond acceptors (Lipinski definition) is 3. The lowest BCUT2D eigenvalue weighted by Gasteiger charge is -2.33. The largest absolute Gasteiger partial charge is 0.384 e. The summed E-state index contributed by atoms with van der Waals surface area (Å²) in [7, 11) is 1.69. The average molecular weight is 195 g/mol. The molecule has 78 valence electrons. The molecule has 0 aromatic rings. The molecule has 0 aromatic heterocycles. The molecule has 4 unspecified atom stereocenters. The van der Waals surface area contributed by atoms with Gasteiger partial charge in [-0.25, -0.2) is 0 Å². The molecule has 0 saturated carbocycles. The predicted octanol–water partition coefficient (Wildman–Crippen LogP) is 1.73. The van der Waals surface area contributed by atoms with E-state index in [1.54, 1.807) is 7.11 Å². The van der Waals surface area contributed by atoms with Crippen LogP contribution >= 0.6 is 0 Å². The van der Waals surface area contributed by atoms with Crippen molar-refractivity contribution in [2.45, 2.75) is 38.4 Å². The smallest absolute Gasteiger partial charge is 0.0906 e. The molecular formula is C11H17NO2. The standard InChI is InChI=1S/C11H17NO2/c1-8(6-13-2)11(7-12)5-9-3-4-10(11)14-9/h8-10H,3-6H2,1-2H3. The third-order valence-corrected chi connectivity index (χ3v) is 3.75. The van der Waals surface area contributed by atoms with Gasteiger partial charge in [0.15, 0.2) is 0 Å². The molecule has 3 nitrogen and oxygen atoms in total. The Labute approximate surface area is 85.0 Å². The van der Waals surface area contributed by atoms with E-state index in [9.17, 15) is 5.26 Å². The summed E-state index contributed by atoms with van der Waals surface area (Å²) in [5.74, 6) is 0.271. The fraction of sp³-hybridized carbons (Fsp3) is 0.909. The second-order valence-corrected chi connectivity index (χ2v) is 4.54. The summed E-state index contributed by atoms with van der Waals surface area (Å²) < 4.78 is 10.9. The first kappa shape index (κ1) is 9.95. The fourth-order valence-electron chi connectivity index (χ4n) is 2.89. The highest BCUT2D eigenvalue weighted by molar-refractivity contribution is 5.14. The van der Waals surface area contributed by atoms with E-state index >= 15 is 0 Å². The molecule has 2 rings (SSSR count). The highest BCUT2D eigenvalue weighted by atomic mass is 16.5. The normalized spacial score (nSPS) is 42.4. The zero-order chi connectivity index (χ0) is 10.2. The number of nitriles is 1. The maximum absolute atomic E-state index is 9.35. The van der Waals surface area contributed by atoms with Crippen LogP contribution in [0.25, 0.3) is 0 Å². The maximum atomic E-state index is 9.35. The quantitative estimate of drug-likeness (QED) is 0.688. The van der Waals surface area contributed by atoms with Crippen molar-refractivity contribution >= 4 is 0 Å². The zero-order valence-corrected chi connectivity index (χ0v) is 8.82. The summed E-state index contributed by atoms with van der Waals surface area (Å²) in [5.41, 5.74) is -0.279. The minimum absolute atomic E-state index is 0.155. The van der Waals surface area contributed by atoms with Crippen molar-refractivity contribution in [2.75, 3.05) is 13.7 Å². The molecule has 2 fully saturated rings. The van der Waals surface area contributed by atoms with Crippen LogP contribution in [0.5, 0.6) is 0 Å². The van der Waals surface area contributed by atoms with Crippen LogP contribution in [0.4, 0.5) is 0 Å². The van der Waals surface area contributed by atoms with Gasteiger partial charge in [-0.2, -0.15) is 5.26 Å². The van der Waals surface area contributed by atoms with Crippen molar-refractivity contribution in [2.24, 2.45) is 11.3 Å². The molecule has 0 amide bonds. The van der Waals surface area contributed by atoms with Gasteiger partial charge in [0.05, 0.1) is 30.3 Å². The highest BCUT2D eigenvalue weighted by Gasteiger charge is 2.55. The first-order valence-corrected chi connectivity index (χ1v) is 5.28. The fourth-order valence-corrected chi connectivity index (χ4v) is 2.89. The van der Waals surface area contributed by atoms with Gasteiger partial charge in [-0.3, -0.25) is 0 Å². The lowest BCUT2D eigenvalue weighted by Crippen LogP contribution is -2.39. The van der Waals surface area contributed by atoms with E-state index in [2.05, 4.69) is 13.0 Å². The van der Waals surface area contributed by atoms with Crippen LogP contribution in [-0.2, 0) is 9.47 Å². The number of rotatable bonds is 3. The molecule has 0 aliphatic carbocycles. The van der Waals surface area contributed by atoms with Crippen LogP contribution in [0.1, 0.15) is 26.2 Å². The zero-order valence-electron chi connectivity index (χ0n) is 8.82. The van der Waals surface area contributed by atoms with E-state index < -0.39 is 0 Å². The van der Waals surface area contributed by atoms with Crippen LogP contribution < -0.4 is 0 Å². The van der Waals surface area contributed by atoms with Crippen molar-refractivity contribution in [1.82, 2.24) is 0 Å². The first-order valence-electron chi connectivity index (χ1n) is 5.28. The van der Waals surface area contributed by atoms with Crippen LogP contribution in [0.15, 0.2) is 0 Å². The van der Waals surface area contributed by atoms with E-state index in [4.69, 9.17) is 9.47 Å². The van der Waals surface area contributed by atoms with Gasteiger partial charge in [-0.15, -0.1) is 0 Å². The van der Waals surface area contributed by atoms with E-state index in [0.717, 1.165) is 19.3 Å². The molecule has 0 spiro atoms. The van der Waals surface area contributed by atoms with Crippen molar-refractivity contribution in [1.29, 1.82) is 5.26 Å². The number of methoxy groups -OCH3 is 1. The number of ether oxygens (including phenoxy) is 2. The Morgan fingerprint density at radius 1 is 1.64 bits per heavy atom. The molecule has 0 aromatic carbocycles. The number of hydrogen-bond donors (Lipinski definition) is 0. The Morgan fingerprint density at radius 3 is 2.86 bits per heavy atom. The summed E-state index contributed by atoms with van der Waals surface area (Å²) >= 11 is 0. The van der Waals surface area contributed by atoms with Crippen LogP contribution in [0.2, 0.25) is 0 Å². The summed E-state index contributed by atoms with van der Waals surface area (Å²) in [4.78, 5) is 0. The minimum Gasteiger partial charge on any atom is -0.384 e. The maximum Gasteiger partial charge on any atom is 0.0906 e. The molecule has 4 atom stereocenters. The lowest BCUT2D eigenvalue weighted by atomic mass is 9.67. The molecule has 0 radical (unpaired) electrons. The van der Waals surface area contributed by atoms with Gasteiger partial charge >= 0.3 is 0 Å². The third-order valence-electron chi connectivity index (χ3n) is 3.75. The molecule has 2 heterocycles. The van der Waals surface area contributed by atoms with Crippen molar-refractivity contribution in [3.05, 3.63) is 0 Å². The van der Waals surface area contributed by atoms with E-state index in [1.807, 2.05) is 0 Å². The van der Waals surface area contributed by atoms with Gasteiger partial charge in [0.2, 0.25) is 0 Å². The molecular weight excluding hydrogens is 178 g/mol. The van der Waals surface area contributed by atoms with Crippen molar-refractivity contribution in [3.8, 4) is 6.07 Å². The SMILES string of the molecule is COCC(C)C1(C#N)CC2CCC1O2. The molecule has 2 aliphatic rings. The second-order valence-electron chi connectivity index (χ2n) is 4.54. The Kier molecular flexibility index (Phi) is 2.50. The van der Waals surface area contributed by atoms with Crippen LogP contribution in [-0.4, -0.2) is 25.9 Å². The van der Waals surface area contributed by atoms with Gasteiger partial charge < -0.3 is 9.47 Å². The van der Waals surface area contributed by atoms with E-state index in [-0.39, 0.29) is 17.4 Å². The van der Waals surface area contributed by atoms with Gasteiger partial charge in [0, 0.05) is 13.0 Å². The van der Waals surface area contributed by atoms with Crippen molar-refractivity contribution in [3.63, 3.8) is 0 Å². The second kappa shape index (κ2) is 3.52. The Bertz CT molecular complexity index is 261. The summed E-state index contributed by atoms with van der Waals surface area (Å²) in [6.07, 6.45) is 3.57. The molecule has 14 heavy (non-hydrogen) atoms. The van der Waals surface area contributed by atoms with Gasteiger partial charge in [0.1, 0.15) is 0 Å². The topological polar surface area (TPSA) is 42.2 Å². The van der Waals surface area contributed by atoms with Gasteiger partial charge in [-0.05, 0) is 19.3 Å². The molecule has 3 heteroatoms. The Balaban J connectivity index is 2.15. The molecule has 2 bridgehead atoms. The number of fused-ring (bicyclic) bond motifs is 2. The number of nitrogens with zero attached hydrogens (tertiary/aromatic N) is 1. The van der Waals surface area contributed by atoms with E-state index in [0.29, 0.717) is 12.7 Å². The summed E-state index contributed by atoms with van der Waals surface area (Å²) in [6, 6.07) is 2.49. The minimum atomic E-state index is -0.279.